The number of fused-ring (bicyclic) bond motifs is 1. The molecule has 0 bridgehead atoms. The average Bonchev–Trinajstić information content (AvgIpc) is 2.47. The highest BCUT2D eigenvalue weighted by Gasteiger charge is 2.19. The van der Waals surface area contributed by atoms with Gasteiger partial charge in [-0.2, -0.15) is 0 Å². The van der Waals surface area contributed by atoms with Crippen molar-refractivity contribution in [3.8, 4) is 5.75 Å². The van der Waals surface area contributed by atoms with Gasteiger partial charge < -0.3 is 14.6 Å². The number of hydrogen-bond donors (Lipinski definition) is 1. The zero-order valence-corrected chi connectivity index (χ0v) is 11.0. The quantitative estimate of drug-likeness (QED) is 0.932. The second kappa shape index (κ2) is 5.51. The third kappa shape index (κ3) is 2.60. The van der Waals surface area contributed by atoms with Gasteiger partial charge in [0.15, 0.2) is 0 Å². The summed E-state index contributed by atoms with van der Waals surface area (Å²) in [7, 11) is 0. The van der Waals surface area contributed by atoms with Gasteiger partial charge in [-0.15, -0.1) is 0 Å². The van der Waals surface area contributed by atoms with Crippen LogP contribution in [-0.2, 0) is 4.74 Å². The Kier molecular flexibility index (Phi) is 3.56. The van der Waals surface area contributed by atoms with Crippen LogP contribution in [0, 0.1) is 0 Å². The normalized spacial score (nSPS) is 18.9. The second-order valence-electron chi connectivity index (χ2n) is 4.96. The summed E-state index contributed by atoms with van der Waals surface area (Å²) in [5, 5.41) is 11.2. The lowest BCUT2D eigenvalue weighted by Gasteiger charge is -2.24. The summed E-state index contributed by atoms with van der Waals surface area (Å²) in [4.78, 5) is 11.4. The van der Waals surface area contributed by atoms with Crippen molar-refractivity contribution < 1.29 is 19.4 Å². The molecule has 3 rings (SSSR count). The van der Waals surface area contributed by atoms with Crippen LogP contribution in [0.15, 0.2) is 36.4 Å². The first kappa shape index (κ1) is 12.9. The lowest BCUT2D eigenvalue weighted by molar-refractivity contribution is 0.00685. The molecule has 0 amide bonds. The van der Waals surface area contributed by atoms with Crippen LogP contribution in [0.4, 0.5) is 0 Å². The predicted molar refractivity (Wildman–Crippen MR) is 75.4 cm³/mol. The monoisotopic (exact) mass is 272 g/mol. The summed E-state index contributed by atoms with van der Waals surface area (Å²) in [5.41, 5.74) is 0.203. The summed E-state index contributed by atoms with van der Waals surface area (Å²) in [5.74, 6) is -0.547. The molecule has 4 heteroatoms. The van der Waals surface area contributed by atoms with Crippen molar-refractivity contribution >= 4 is 16.7 Å². The summed E-state index contributed by atoms with van der Waals surface area (Å²) >= 11 is 0. The van der Waals surface area contributed by atoms with Crippen LogP contribution in [0.1, 0.15) is 23.2 Å². The number of benzene rings is 2. The largest absolute Gasteiger partial charge is 0.487 e. The molecule has 0 saturated carbocycles. The van der Waals surface area contributed by atoms with E-state index in [-0.39, 0.29) is 11.7 Å². The van der Waals surface area contributed by atoms with E-state index in [0.717, 1.165) is 30.2 Å². The number of aromatic carboxylic acids is 1. The highest BCUT2D eigenvalue weighted by atomic mass is 16.5. The van der Waals surface area contributed by atoms with Crippen LogP contribution >= 0.6 is 0 Å². The molecule has 1 aliphatic heterocycles. The Morgan fingerprint density at radius 2 is 2.00 bits per heavy atom. The van der Waals surface area contributed by atoms with Crippen molar-refractivity contribution in [2.45, 2.75) is 18.9 Å². The first-order valence-corrected chi connectivity index (χ1v) is 6.74. The first-order chi connectivity index (χ1) is 9.74. The predicted octanol–water partition coefficient (Wildman–Crippen LogP) is 3.10. The number of ether oxygens (including phenoxy) is 2. The Balaban J connectivity index is 1.98. The maximum absolute atomic E-state index is 11.4. The third-order valence-corrected chi connectivity index (χ3v) is 3.49. The van der Waals surface area contributed by atoms with Gasteiger partial charge in [-0.1, -0.05) is 24.3 Å². The number of rotatable bonds is 3. The molecule has 20 heavy (non-hydrogen) atoms. The van der Waals surface area contributed by atoms with E-state index in [9.17, 15) is 9.90 Å². The zero-order valence-electron chi connectivity index (χ0n) is 11.0. The van der Waals surface area contributed by atoms with Crippen LogP contribution in [0.3, 0.4) is 0 Å². The van der Waals surface area contributed by atoms with Gasteiger partial charge in [-0.05, 0) is 35.7 Å². The average molecular weight is 272 g/mol. The Labute approximate surface area is 116 Å². The second-order valence-corrected chi connectivity index (χ2v) is 4.96. The summed E-state index contributed by atoms with van der Waals surface area (Å²) < 4.78 is 11.2. The molecule has 1 N–H and O–H groups in total. The molecule has 104 valence electrons. The molecule has 0 aromatic heterocycles. The maximum Gasteiger partial charge on any atom is 0.339 e. The molecule has 0 spiro atoms. The fourth-order valence-corrected chi connectivity index (χ4v) is 2.47. The third-order valence-electron chi connectivity index (χ3n) is 3.49. The summed E-state index contributed by atoms with van der Waals surface area (Å²) in [6, 6.07) is 11.1. The van der Waals surface area contributed by atoms with Gasteiger partial charge in [0.1, 0.15) is 17.4 Å². The van der Waals surface area contributed by atoms with Crippen molar-refractivity contribution in [1.82, 2.24) is 0 Å². The molecule has 1 aliphatic rings. The van der Waals surface area contributed by atoms with Gasteiger partial charge in [0.25, 0.3) is 0 Å². The highest BCUT2D eigenvalue weighted by molar-refractivity contribution is 5.97. The van der Waals surface area contributed by atoms with Gasteiger partial charge in [0.05, 0.1) is 6.61 Å². The SMILES string of the molecule is O=C(O)c1cc2ccccc2cc1OC1CCCOC1. The Hall–Kier alpha value is -2.07. The number of carboxylic acids is 1. The van der Waals surface area contributed by atoms with E-state index in [2.05, 4.69) is 0 Å². The van der Waals surface area contributed by atoms with E-state index in [1.165, 1.54) is 0 Å². The Morgan fingerprint density at radius 3 is 2.65 bits per heavy atom. The number of carbonyl (C=O) groups is 1. The molecule has 2 aromatic rings. The van der Waals surface area contributed by atoms with Crippen molar-refractivity contribution in [1.29, 1.82) is 0 Å². The summed E-state index contributed by atoms with van der Waals surface area (Å²) in [6.07, 6.45) is 1.77. The van der Waals surface area contributed by atoms with Crippen LogP contribution in [-0.4, -0.2) is 30.4 Å². The molecular formula is C16H16O4. The minimum atomic E-state index is -0.970. The standard InChI is InChI=1S/C16H16O4/c17-16(18)14-8-11-4-1-2-5-12(11)9-15(14)20-13-6-3-7-19-10-13/h1-2,4-5,8-9,13H,3,6-7,10H2,(H,17,18). The van der Waals surface area contributed by atoms with Gasteiger partial charge in [-0.25, -0.2) is 4.79 Å². The Bertz CT molecular complexity index is 629. The van der Waals surface area contributed by atoms with Crippen LogP contribution in [0.5, 0.6) is 5.75 Å². The minimum Gasteiger partial charge on any atom is -0.487 e. The van der Waals surface area contributed by atoms with Crippen molar-refractivity contribution in [2.75, 3.05) is 13.2 Å². The smallest absolute Gasteiger partial charge is 0.339 e. The van der Waals surface area contributed by atoms with Gasteiger partial charge in [-0.3, -0.25) is 0 Å². The van der Waals surface area contributed by atoms with Crippen molar-refractivity contribution in [3.05, 3.63) is 42.0 Å². The molecule has 1 atom stereocenters. The molecule has 1 heterocycles. The first-order valence-electron chi connectivity index (χ1n) is 6.74. The van der Waals surface area contributed by atoms with E-state index in [1.807, 2.05) is 24.3 Å². The lowest BCUT2D eigenvalue weighted by atomic mass is 10.1. The fraction of sp³-hybridized carbons (Fsp3) is 0.312. The van der Waals surface area contributed by atoms with Gasteiger partial charge in [0, 0.05) is 6.61 Å². The molecule has 0 aliphatic carbocycles. The maximum atomic E-state index is 11.4. The molecule has 1 unspecified atom stereocenters. The highest BCUT2D eigenvalue weighted by Crippen LogP contribution is 2.28. The van der Waals surface area contributed by atoms with Crippen LogP contribution < -0.4 is 4.74 Å². The molecule has 0 radical (unpaired) electrons. The summed E-state index contributed by atoms with van der Waals surface area (Å²) in [6.45, 7) is 1.27. The number of hydrogen-bond acceptors (Lipinski definition) is 3. The van der Waals surface area contributed by atoms with Gasteiger partial charge >= 0.3 is 5.97 Å². The zero-order chi connectivity index (χ0) is 13.9. The molecule has 1 saturated heterocycles. The minimum absolute atomic E-state index is 0.0667. The van der Waals surface area contributed by atoms with E-state index in [4.69, 9.17) is 9.47 Å². The van der Waals surface area contributed by atoms with E-state index < -0.39 is 5.97 Å². The molecule has 1 fully saturated rings. The van der Waals surface area contributed by atoms with E-state index >= 15 is 0 Å². The van der Waals surface area contributed by atoms with Gasteiger partial charge in [0.2, 0.25) is 0 Å². The molecule has 2 aromatic carbocycles. The topological polar surface area (TPSA) is 55.8 Å². The number of carboxylic acid groups (broad SMARTS) is 1. The lowest BCUT2D eigenvalue weighted by Crippen LogP contribution is -2.28. The molecule has 4 nitrogen and oxygen atoms in total. The van der Waals surface area contributed by atoms with E-state index in [1.54, 1.807) is 12.1 Å². The van der Waals surface area contributed by atoms with Crippen molar-refractivity contribution in [3.63, 3.8) is 0 Å². The van der Waals surface area contributed by atoms with E-state index in [0.29, 0.717) is 12.4 Å². The molecular weight excluding hydrogens is 256 g/mol. The van der Waals surface area contributed by atoms with Crippen LogP contribution in [0.25, 0.3) is 10.8 Å². The fourth-order valence-electron chi connectivity index (χ4n) is 2.47. The Morgan fingerprint density at radius 1 is 1.25 bits per heavy atom. The van der Waals surface area contributed by atoms with Crippen LogP contribution in [0.2, 0.25) is 0 Å². The van der Waals surface area contributed by atoms with Crippen molar-refractivity contribution in [2.24, 2.45) is 0 Å².